The lowest BCUT2D eigenvalue weighted by molar-refractivity contribution is -0.137. The summed E-state index contributed by atoms with van der Waals surface area (Å²) in [5.41, 5.74) is 1.12. The highest BCUT2D eigenvalue weighted by atomic mass is 16.5. The van der Waals surface area contributed by atoms with Crippen molar-refractivity contribution in [3.05, 3.63) is 65.7 Å². The molecule has 3 atom stereocenters. The number of benzene rings is 2. The van der Waals surface area contributed by atoms with Crippen LogP contribution in [0.5, 0.6) is 5.75 Å². The van der Waals surface area contributed by atoms with E-state index in [1.54, 1.807) is 29.2 Å². The van der Waals surface area contributed by atoms with Crippen LogP contribution in [0.15, 0.2) is 54.6 Å². The van der Waals surface area contributed by atoms with Crippen LogP contribution < -0.4 is 20.7 Å². The summed E-state index contributed by atoms with van der Waals surface area (Å²) in [4.78, 5) is 55.7. The molecule has 1 unspecified atom stereocenters. The Balaban J connectivity index is 1.52. The smallest absolute Gasteiger partial charge is 0.255 e. The number of carbonyl (C=O) groups is 4. The zero-order valence-corrected chi connectivity index (χ0v) is 25.4. The summed E-state index contributed by atoms with van der Waals surface area (Å²) in [6.45, 7) is 4.62. The molecule has 3 N–H and O–H groups in total. The standard InChI is InChI=1S/C33H44N4O7/c1-2-3-16-37-17-20-44-29-14-8-7-13-26(29)31(39)36-27(32(40)34-15-19-42-23-25-12-9-18-43-25)22-30(38)35-28(33(37)41)21-24-10-5-4-6-11-24/h4-8,10-11,13-14,25,27-28H,2-3,9,12,15-23H2,1H3,(H,34,40)(H,35,38)(H,36,39)/t25?,27-,28-/m0/s1. The molecule has 2 aromatic carbocycles. The first-order valence-corrected chi connectivity index (χ1v) is 15.6. The van der Waals surface area contributed by atoms with E-state index in [-0.39, 0.29) is 56.7 Å². The molecule has 2 aromatic rings. The average Bonchev–Trinajstić information content (AvgIpc) is 3.55. The van der Waals surface area contributed by atoms with Gasteiger partial charge in [0, 0.05) is 26.1 Å². The second-order valence-corrected chi connectivity index (χ2v) is 11.1. The number of hydrogen-bond acceptors (Lipinski definition) is 7. The molecule has 0 aromatic heterocycles. The topological polar surface area (TPSA) is 135 Å². The Morgan fingerprint density at radius 3 is 2.61 bits per heavy atom. The first kappa shape index (κ1) is 32.9. The van der Waals surface area contributed by atoms with Crippen molar-refractivity contribution in [1.29, 1.82) is 0 Å². The highest BCUT2D eigenvalue weighted by molar-refractivity contribution is 6.01. The van der Waals surface area contributed by atoms with Crippen LogP contribution in [0.4, 0.5) is 0 Å². The number of rotatable bonds is 11. The lowest BCUT2D eigenvalue weighted by Crippen LogP contribution is -2.54. The molecule has 1 saturated heterocycles. The van der Waals surface area contributed by atoms with Crippen molar-refractivity contribution in [2.24, 2.45) is 0 Å². The van der Waals surface area contributed by atoms with Gasteiger partial charge >= 0.3 is 0 Å². The van der Waals surface area contributed by atoms with E-state index in [0.717, 1.165) is 37.9 Å². The van der Waals surface area contributed by atoms with Crippen LogP contribution in [-0.2, 0) is 30.3 Å². The highest BCUT2D eigenvalue weighted by Crippen LogP contribution is 2.19. The van der Waals surface area contributed by atoms with Gasteiger partial charge in [0.2, 0.25) is 17.7 Å². The van der Waals surface area contributed by atoms with E-state index < -0.39 is 29.8 Å². The number of hydrogen-bond donors (Lipinski definition) is 3. The third kappa shape index (κ3) is 10.1. The van der Waals surface area contributed by atoms with Gasteiger partial charge < -0.3 is 35.1 Å². The Labute approximate surface area is 259 Å². The van der Waals surface area contributed by atoms with Crippen molar-refractivity contribution in [1.82, 2.24) is 20.9 Å². The lowest BCUT2D eigenvalue weighted by atomic mass is 10.0. The van der Waals surface area contributed by atoms with Crippen LogP contribution in [0, 0.1) is 0 Å². The number of unbranched alkanes of at least 4 members (excludes halogenated alkanes) is 1. The molecule has 44 heavy (non-hydrogen) atoms. The lowest BCUT2D eigenvalue weighted by Gasteiger charge is -2.29. The molecule has 2 heterocycles. The normalized spacial score (nSPS) is 21.4. The van der Waals surface area contributed by atoms with Gasteiger partial charge in [0.1, 0.15) is 24.4 Å². The van der Waals surface area contributed by atoms with Gasteiger partial charge in [-0.25, -0.2) is 0 Å². The largest absolute Gasteiger partial charge is 0.491 e. The van der Waals surface area contributed by atoms with E-state index in [1.807, 2.05) is 37.3 Å². The summed E-state index contributed by atoms with van der Waals surface area (Å²) in [5, 5.41) is 8.33. The summed E-state index contributed by atoms with van der Waals surface area (Å²) in [6, 6.07) is 14.1. The Kier molecular flexibility index (Phi) is 13.0. The van der Waals surface area contributed by atoms with Crippen LogP contribution in [0.1, 0.15) is 54.9 Å². The van der Waals surface area contributed by atoms with Crippen molar-refractivity contribution in [2.75, 3.05) is 46.1 Å². The summed E-state index contributed by atoms with van der Waals surface area (Å²) in [7, 11) is 0. The van der Waals surface area contributed by atoms with Gasteiger partial charge in [-0.05, 0) is 37.0 Å². The molecule has 1 fully saturated rings. The van der Waals surface area contributed by atoms with Crippen molar-refractivity contribution in [3.8, 4) is 5.75 Å². The highest BCUT2D eigenvalue weighted by Gasteiger charge is 2.31. The minimum absolute atomic E-state index is 0.0694. The first-order valence-electron chi connectivity index (χ1n) is 15.6. The second kappa shape index (κ2) is 17.4. The number of nitrogens with one attached hydrogen (secondary N) is 3. The molecule has 0 spiro atoms. The van der Waals surface area contributed by atoms with Gasteiger partial charge in [-0.1, -0.05) is 55.8 Å². The Hall–Kier alpha value is -3.96. The van der Waals surface area contributed by atoms with Crippen LogP contribution in [0.25, 0.3) is 0 Å². The van der Waals surface area contributed by atoms with E-state index in [9.17, 15) is 19.2 Å². The van der Waals surface area contributed by atoms with Gasteiger partial charge in [-0.3, -0.25) is 19.2 Å². The summed E-state index contributed by atoms with van der Waals surface area (Å²) in [6.07, 6.45) is 3.63. The Bertz CT molecular complexity index is 1240. The molecule has 0 aliphatic carbocycles. The molecule has 0 saturated carbocycles. The molecule has 0 radical (unpaired) electrons. The van der Waals surface area contributed by atoms with Crippen molar-refractivity contribution in [3.63, 3.8) is 0 Å². The van der Waals surface area contributed by atoms with Crippen molar-refractivity contribution in [2.45, 2.75) is 63.6 Å². The molecule has 4 rings (SSSR count). The monoisotopic (exact) mass is 608 g/mol. The fourth-order valence-electron chi connectivity index (χ4n) is 5.24. The van der Waals surface area contributed by atoms with Crippen LogP contribution in [-0.4, -0.2) is 92.8 Å². The number of carbonyl (C=O) groups excluding carboxylic acids is 4. The zero-order valence-electron chi connectivity index (χ0n) is 25.4. The summed E-state index contributed by atoms with van der Waals surface area (Å²) in [5.74, 6) is -1.49. The molecule has 2 aliphatic heterocycles. The van der Waals surface area contributed by atoms with Crippen molar-refractivity contribution >= 4 is 23.6 Å². The maximum absolute atomic E-state index is 13.9. The van der Waals surface area contributed by atoms with E-state index in [4.69, 9.17) is 14.2 Å². The SMILES string of the molecule is CCCCN1CCOc2ccccc2C(=O)N[C@H](C(=O)NCCOCC2CCCO2)CC(=O)N[C@@H](Cc2ccccc2)C1=O. The van der Waals surface area contributed by atoms with Crippen molar-refractivity contribution < 1.29 is 33.4 Å². The number of fused-ring (bicyclic) bond motifs is 1. The van der Waals surface area contributed by atoms with E-state index in [0.29, 0.717) is 18.9 Å². The van der Waals surface area contributed by atoms with Crippen LogP contribution in [0.2, 0.25) is 0 Å². The summed E-state index contributed by atoms with van der Waals surface area (Å²) < 4.78 is 17.2. The Morgan fingerprint density at radius 1 is 1.05 bits per heavy atom. The Morgan fingerprint density at radius 2 is 1.84 bits per heavy atom. The second-order valence-electron chi connectivity index (χ2n) is 11.1. The maximum Gasteiger partial charge on any atom is 0.255 e. The molecule has 11 nitrogen and oxygen atoms in total. The number of para-hydroxylation sites is 1. The quantitative estimate of drug-likeness (QED) is 0.333. The van der Waals surface area contributed by atoms with Gasteiger partial charge in [0.05, 0.1) is 37.8 Å². The third-order valence-corrected chi connectivity index (χ3v) is 7.64. The average molecular weight is 609 g/mol. The van der Waals surface area contributed by atoms with Gasteiger partial charge in [0.15, 0.2) is 0 Å². The van der Waals surface area contributed by atoms with E-state index in [2.05, 4.69) is 16.0 Å². The molecule has 4 amide bonds. The van der Waals surface area contributed by atoms with Gasteiger partial charge in [0.25, 0.3) is 5.91 Å². The predicted molar refractivity (Wildman–Crippen MR) is 164 cm³/mol. The predicted octanol–water partition coefficient (Wildman–Crippen LogP) is 2.24. The minimum Gasteiger partial charge on any atom is -0.491 e. The molecule has 11 heteroatoms. The molecule has 0 bridgehead atoms. The zero-order chi connectivity index (χ0) is 31.1. The molecular weight excluding hydrogens is 564 g/mol. The minimum atomic E-state index is -1.19. The molecule has 2 aliphatic rings. The van der Waals surface area contributed by atoms with E-state index >= 15 is 0 Å². The first-order chi connectivity index (χ1) is 21.4. The number of ether oxygens (including phenoxy) is 3. The van der Waals surface area contributed by atoms with Gasteiger partial charge in [-0.15, -0.1) is 0 Å². The number of nitrogens with zero attached hydrogens (tertiary/aromatic N) is 1. The van der Waals surface area contributed by atoms with E-state index in [1.165, 1.54) is 0 Å². The third-order valence-electron chi connectivity index (χ3n) is 7.64. The van der Waals surface area contributed by atoms with Gasteiger partial charge in [-0.2, -0.15) is 0 Å². The van der Waals surface area contributed by atoms with Crippen LogP contribution in [0.3, 0.4) is 0 Å². The van der Waals surface area contributed by atoms with Crippen LogP contribution >= 0.6 is 0 Å². The summed E-state index contributed by atoms with van der Waals surface area (Å²) >= 11 is 0. The molecular formula is C33H44N4O7. The fourth-order valence-corrected chi connectivity index (χ4v) is 5.24. The molecule has 238 valence electrons. The maximum atomic E-state index is 13.9. The number of amides is 4. The fraction of sp³-hybridized carbons (Fsp3) is 0.515.